The van der Waals surface area contributed by atoms with Gasteiger partial charge in [-0.05, 0) is 30.4 Å². The molecule has 0 atom stereocenters. The molecule has 0 fully saturated rings. The summed E-state index contributed by atoms with van der Waals surface area (Å²) in [6, 6.07) is 7.24. The summed E-state index contributed by atoms with van der Waals surface area (Å²) in [6.45, 7) is 0.902. The van der Waals surface area contributed by atoms with E-state index < -0.39 is 12.8 Å². The molecule has 0 aromatic heterocycles. The minimum Gasteiger partial charge on any atom is -0.385 e. The Morgan fingerprint density at radius 2 is 1.73 bits per heavy atom. The Balaban J connectivity index is 2.26. The number of methoxy groups -OCH3 is 1. The molecule has 0 aliphatic carbocycles. The van der Waals surface area contributed by atoms with E-state index in [0.717, 1.165) is 38.0 Å². The fraction of sp³-hybridized carbons (Fsp3) is 0.611. The molecule has 0 aliphatic rings. The van der Waals surface area contributed by atoms with Crippen molar-refractivity contribution in [1.82, 2.24) is 10.6 Å². The number of benzene rings is 1. The van der Waals surface area contributed by atoms with E-state index in [0.29, 0.717) is 18.1 Å². The van der Waals surface area contributed by atoms with E-state index in [4.69, 9.17) is 4.74 Å². The highest BCUT2D eigenvalue weighted by atomic mass is 19.4. The predicted molar refractivity (Wildman–Crippen MR) is 96.1 cm³/mol. The number of halogens is 3. The highest BCUT2D eigenvalue weighted by Gasteiger charge is 2.27. The molecule has 0 aliphatic heterocycles. The van der Waals surface area contributed by atoms with Crippen molar-refractivity contribution in [2.45, 2.75) is 38.6 Å². The summed E-state index contributed by atoms with van der Waals surface area (Å²) in [5, 5.41) is 6.45. The van der Waals surface area contributed by atoms with E-state index in [1.807, 2.05) is 12.1 Å². The largest absolute Gasteiger partial charge is 0.411 e. The standard InChI is InChI=1S/C18H28F3N3O2/c1-22-17(23-10-4-3-5-11-25-2)24-12-15-6-8-16(9-7-15)13-26-14-18(19,20)21/h6-9H,3-5,10-14H2,1-2H3,(H2,22,23,24). The van der Waals surface area contributed by atoms with Crippen molar-refractivity contribution < 1.29 is 22.6 Å². The Hall–Kier alpha value is -1.80. The number of hydrogen-bond donors (Lipinski definition) is 2. The molecular formula is C18H28F3N3O2. The Bertz CT molecular complexity index is 519. The van der Waals surface area contributed by atoms with Crippen LogP contribution in [0.5, 0.6) is 0 Å². The number of nitrogens with zero attached hydrogens (tertiary/aromatic N) is 1. The zero-order valence-electron chi connectivity index (χ0n) is 15.4. The minimum absolute atomic E-state index is 0.0560. The summed E-state index contributed by atoms with van der Waals surface area (Å²) >= 11 is 0. The number of nitrogens with one attached hydrogen (secondary N) is 2. The van der Waals surface area contributed by atoms with E-state index >= 15 is 0 Å². The van der Waals surface area contributed by atoms with Gasteiger partial charge >= 0.3 is 6.18 Å². The molecule has 0 bridgehead atoms. The van der Waals surface area contributed by atoms with Crippen LogP contribution in [-0.4, -0.2) is 46.1 Å². The van der Waals surface area contributed by atoms with Gasteiger partial charge in [0, 0.05) is 33.9 Å². The lowest BCUT2D eigenvalue weighted by Crippen LogP contribution is -2.37. The molecular weight excluding hydrogens is 347 g/mol. The molecule has 1 aromatic carbocycles. The first-order chi connectivity index (χ1) is 12.4. The van der Waals surface area contributed by atoms with Gasteiger partial charge in [0.05, 0.1) is 6.61 Å². The lowest BCUT2D eigenvalue weighted by molar-refractivity contribution is -0.176. The van der Waals surface area contributed by atoms with Crippen LogP contribution in [0, 0.1) is 0 Å². The molecule has 2 N–H and O–H groups in total. The fourth-order valence-corrected chi connectivity index (χ4v) is 2.20. The maximum atomic E-state index is 12.0. The van der Waals surface area contributed by atoms with Gasteiger partial charge in [-0.15, -0.1) is 0 Å². The molecule has 148 valence electrons. The molecule has 0 heterocycles. The number of aliphatic imine (C=N–C) groups is 1. The first-order valence-electron chi connectivity index (χ1n) is 8.60. The number of unbranched alkanes of at least 4 members (excludes halogenated alkanes) is 2. The van der Waals surface area contributed by atoms with Gasteiger partial charge in [-0.3, -0.25) is 4.99 Å². The summed E-state index contributed by atoms with van der Waals surface area (Å²) < 4.78 is 45.8. The average Bonchev–Trinajstić information content (AvgIpc) is 2.60. The quantitative estimate of drug-likeness (QED) is 0.354. The second-order valence-electron chi connectivity index (χ2n) is 5.83. The minimum atomic E-state index is -4.30. The molecule has 26 heavy (non-hydrogen) atoms. The van der Waals surface area contributed by atoms with Crippen LogP contribution in [0.1, 0.15) is 30.4 Å². The summed E-state index contributed by atoms with van der Waals surface area (Å²) in [4.78, 5) is 4.16. The van der Waals surface area contributed by atoms with Gasteiger partial charge in [-0.25, -0.2) is 0 Å². The normalized spacial score (nSPS) is 12.3. The zero-order chi connectivity index (χ0) is 19.3. The highest BCUT2D eigenvalue weighted by molar-refractivity contribution is 5.79. The molecule has 0 radical (unpaired) electrons. The van der Waals surface area contributed by atoms with E-state index in [-0.39, 0.29) is 6.61 Å². The number of hydrogen-bond acceptors (Lipinski definition) is 3. The van der Waals surface area contributed by atoms with Crippen molar-refractivity contribution >= 4 is 5.96 Å². The van der Waals surface area contributed by atoms with Crippen molar-refractivity contribution in [2.24, 2.45) is 4.99 Å². The molecule has 0 spiro atoms. The Morgan fingerprint density at radius 3 is 2.35 bits per heavy atom. The monoisotopic (exact) mass is 375 g/mol. The zero-order valence-corrected chi connectivity index (χ0v) is 15.4. The van der Waals surface area contributed by atoms with Crippen LogP contribution in [0.15, 0.2) is 29.3 Å². The second-order valence-corrected chi connectivity index (χ2v) is 5.83. The van der Waals surface area contributed by atoms with E-state index in [1.54, 1.807) is 26.3 Å². The van der Waals surface area contributed by atoms with Crippen LogP contribution in [0.2, 0.25) is 0 Å². The molecule has 1 rings (SSSR count). The summed E-state index contributed by atoms with van der Waals surface area (Å²) in [7, 11) is 3.41. The molecule has 0 saturated carbocycles. The molecule has 1 aromatic rings. The number of rotatable bonds is 11. The molecule has 0 saturated heterocycles. The Labute approximate surface area is 153 Å². The van der Waals surface area contributed by atoms with Crippen molar-refractivity contribution in [3.8, 4) is 0 Å². The molecule has 8 heteroatoms. The molecule has 0 amide bonds. The van der Waals surface area contributed by atoms with E-state index in [9.17, 15) is 13.2 Å². The van der Waals surface area contributed by atoms with Crippen LogP contribution in [0.25, 0.3) is 0 Å². The topological polar surface area (TPSA) is 54.9 Å². The van der Waals surface area contributed by atoms with Crippen LogP contribution < -0.4 is 10.6 Å². The smallest absolute Gasteiger partial charge is 0.385 e. The number of guanidine groups is 1. The molecule has 0 unspecified atom stereocenters. The van der Waals surface area contributed by atoms with Gasteiger partial charge in [-0.2, -0.15) is 13.2 Å². The lowest BCUT2D eigenvalue weighted by Gasteiger charge is -2.12. The summed E-state index contributed by atoms with van der Waals surface area (Å²) in [5.41, 5.74) is 1.71. The second kappa shape index (κ2) is 12.5. The first kappa shape index (κ1) is 22.2. The summed E-state index contributed by atoms with van der Waals surface area (Å²) in [5.74, 6) is 0.717. The SMILES string of the molecule is CN=C(NCCCCCOC)NCc1ccc(COCC(F)(F)F)cc1. The maximum absolute atomic E-state index is 12.0. The third-order valence-corrected chi connectivity index (χ3v) is 3.56. The Kier molecular flexibility index (Phi) is 10.7. The van der Waals surface area contributed by atoms with Crippen molar-refractivity contribution in [3.05, 3.63) is 35.4 Å². The third kappa shape index (κ3) is 10.9. The van der Waals surface area contributed by atoms with Crippen LogP contribution >= 0.6 is 0 Å². The lowest BCUT2D eigenvalue weighted by atomic mass is 10.1. The van der Waals surface area contributed by atoms with Crippen molar-refractivity contribution in [2.75, 3.05) is 33.9 Å². The van der Waals surface area contributed by atoms with Crippen LogP contribution in [0.4, 0.5) is 13.2 Å². The van der Waals surface area contributed by atoms with Gasteiger partial charge in [-0.1, -0.05) is 24.3 Å². The van der Waals surface area contributed by atoms with Crippen LogP contribution in [0.3, 0.4) is 0 Å². The summed E-state index contributed by atoms with van der Waals surface area (Å²) in [6.07, 6.45) is -1.12. The van der Waals surface area contributed by atoms with Crippen molar-refractivity contribution in [3.63, 3.8) is 0 Å². The van der Waals surface area contributed by atoms with Gasteiger partial charge in [0.2, 0.25) is 0 Å². The first-order valence-corrected chi connectivity index (χ1v) is 8.60. The van der Waals surface area contributed by atoms with Gasteiger partial charge in [0.25, 0.3) is 0 Å². The fourth-order valence-electron chi connectivity index (χ4n) is 2.20. The predicted octanol–water partition coefficient (Wildman–Crippen LogP) is 3.25. The number of ether oxygens (including phenoxy) is 2. The average molecular weight is 375 g/mol. The van der Waals surface area contributed by atoms with E-state index in [1.165, 1.54) is 0 Å². The third-order valence-electron chi connectivity index (χ3n) is 3.56. The van der Waals surface area contributed by atoms with Gasteiger partial charge in [0.15, 0.2) is 5.96 Å². The van der Waals surface area contributed by atoms with Gasteiger partial charge in [0.1, 0.15) is 6.61 Å². The van der Waals surface area contributed by atoms with Crippen LogP contribution in [-0.2, 0) is 22.6 Å². The van der Waals surface area contributed by atoms with Crippen molar-refractivity contribution in [1.29, 1.82) is 0 Å². The van der Waals surface area contributed by atoms with Gasteiger partial charge < -0.3 is 20.1 Å². The van der Waals surface area contributed by atoms with E-state index in [2.05, 4.69) is 20.4 Å². The molecule has 5 nitrogen and oxygen atoms in total. The highest BCUT2D eigenvalue weighted by Crippen LogP contribution is 2.15. The maximum Gasteiger partial charge on any atom is 0.411 e. The Morgan fingerprint density at radius 1 is 1.04 bits per heavy atom. The number of alkyl halides is 3.